The van der Waals surface area contributed by atoms with E-state index in [-0.39, 0.29) is 36.8 Å². The largest absolute Gasteiger partial charge is 0.524 e. The standard InChI is InChI=1S/C25H33ClN2O12P2/c1-17-9-5-2-3-8-12-37-25(30)23-19(14-18(13-17)27-38-16-22(29)28-10-6-4-7-11-28)24(26)21(40-42(34,35)36)15-20(23)39-41(31,32)33/h2-3,13,15H,4-12,14,16H2,1H3,(H2,31,32,33)(H2,34,35,36). The maximum Gasteiger partial charge on any atom is 0.524 e. The molecular weight excluding hydrogens is 618 g/mol. The number of carbonyl (C=O) groups excluding carboxylic acids is 2. The van der Waals surface area contributed by atoms with Crippen molar-refractivity contribution in [2.75, 3.05) is 26.3 Å². The summed E-state index contributed by atoms with van der Waals surface area (Å²) in [5, 5.41) is 3.61. The Morgan fingerprint density at radius 3 is 2.36 bits per heavy atom. The van der Waals surface area contributed by atoms with Crippen molar-refractivity contribution >= 4 is 44.8 Å². The van der Waals surface area contributed by atoms with Crippen LogP contribution in [-0.4, -0.2) is 68.4 Å². The lowest BCUT2D eigenvalue weighted by molar-refractivity contribution is -0.137. The van der Waals surface area contributed by atoms with Crippen molar-refractivity contribution in [3.05, 3.63) is 46.0 Å². The molecule has 0 radical (unpaired) electrons. The minimum Gasteiger partial charge on any atom is -0.462 e. The van der Waals surface area contributed by atoms with E-state index in [1.807, 2.05) is 13.0 Å². The number of hydrogen-bond acceptors (Lipinski definition) is 9. The predicted molar refractivity (Wildman–Crippen MR) is 151 cm³/mol. The van der Waals surface area contributed by atoms with Gasteiger partial charge in [-0.25, -0.2) is 13.9 Å². The van der Waals surface area contributed by atoms with Crippen LogP contribution in [0.4, 0.5) is 0 Å². The smallest absolute Gasteiger partial charge is 0.462 e. The SMILES string of the molecule is CC1=CC(=NOCC(=O)N2CCCCC2)Cc2c(Cl)c(OP(=O)(O)O)cc(OP(=O)(O)O)c2C(=O)OCCC=CCC1. The monoisotopic (exact) mass is 650 g/mol. The first-order valence-electron chi connectivity index (χ1n) is 13.0. The van der Waals surface area contributed by atoms with E-state index in [1.165, 1.54) is 0 Å². The predicted octanol–water partition coefficient (Wildman–Crippen LogP) is 4.05. The van der Waals surface area contributed by atoms with Crippen molar-refractivity contribution in [3.8, 4) is 11.5 Å². The molecule has 2 aliphatic heterocycles. The van der Waals surface area contributed by atoms with Crippen LogP contribution in [0.15, 0.2) is 35.0 Å². The molecule has 14 nitrogen and oxygen atoms in total. The van der Waals surface area contributed by atoms with Crippen molar-refractivity contribution < 1.29 is 56.9 Å². The van der Waals surface area contributed by atoms with Crippen LogP contribution in [0.2, 0.25) is 5.02 Å². The van der Waals surface area contributed by atoms with Gasteiger partial charge in [0.15, 0.2) is 12.4 Å². The van der Waals surface area contributed by atoms with Gasteiger partial charge in [0.25, 0.3) is 5.91 Å². The van der Waals surface area contributed by atoms with Gasteiger partial charge in [-0.1, -0.05) is 34.5 Å². The van der Waals surface area contributed by atoms with Crippen LogP contribution in [-0.2, 0) is 29.9 Å². The number of allylic oxidation sites excluding steroid dienone is 3. The maximum atomic E-state index is 13.2. The van der Waals surface area contributed by atoms with Crippen LogP contribution < -0.4 is 9.05 Å². The molecule has 1 aromatic rings. The summed E-state index contributed by atoms with van der Waals surface area (Å²) in [5.74, 6) is -2.85. The van der Waals surface area contributed by atoms with E-state index < -0.39 is 43.7 Å². The Morgan fingerprint density at radius 2 is 1.69 bits per heavy atom. The third kappa shape index (κ3) is 10.9. The van der Waals surface area contributed by atoms with Crippen LogP contribution in [0.3, 0.4) is 0 Å². The van der Waals surface area contributed by atoms with Crippen LogP contribution in [0, 0.1) is 0 Å². The topological polar surface area (TPSA) is 202 Å². The molecule has 232 valence electrons. The summed E-state index contributed by atoms with van der Waals surface area (Å²) in [6, 6.07) is 0.676. The molecule has 1 aromatic carbocycles. The molecule has 0 spiro atoms. The van der Waals surface area contributed by atoms with E-state index in [9.17, 15) is 38.3 Å². The van der Waals surface area contributed by atoms with Crippen LogP contribution in [0.25, 0.3) is 0 Å². The first-order valence-corrected chi connectivity index (χ1v) is 16.5. The normalized spacial score (nSPS) is 18.4. The van der Waals surface area contributed by atoms with E-state index in [4.69, 9.17) is 25.7 Å². The fourth-order valence-corrected chi connectivity index (χ4v) is 5.45. The zero-order valence-corrected chi connectivity index (χ0v) is 25.4. The third-order valence-electron chi connectivity index (χ3n) is 6.17. The molecule has 0 bridgehead atoms. The van der Waals surface area contributed by atoms with Gasteiger partial charge in [0.1, 0.15) is 11.3 Å². The molecule has 0 saturated carbocycles. The van der Waals surface area contributed by atoms with Gasteiger partial charge >= 0.3 is 21.6 Å². The maximum absolute atomic E-state index is 13.2. The highest BCUT2D eigenvalue weighted by Gasteiger charge is 2.32. The Labute approximate surface area is 247 Å². The number of ether oxygens (including phenoxy) is 1. The minimum absolute atomic E-state index is 0.0973. The van der Waals surface area contributed by atoms with Crippen LogP contribution in [0.5, 0.6) is 11.5 Å². The number of hydrogen-bond donors (Lipinski definition) is 4. The number of oxime groups is 1. The van der Waals surface area contributed by atoms with E-state index in [0.717, 1.165) is 24.8 Å². The van der Waals surface area contributed by atoms with Gasteiger partial charge in [0.2, 0.25) is 0 Å². The number of amides is 1. The highest BCUT2D eigenvalue weighted by atomic mass is 35.5. The second-order valence-electron chi connectivity index (χ2n) is 9.60. The van der Waals surface area contributed by atoms with Gasteiger partial charge in [0.05, 0.1) is 17.3 Å². The zero-order chi connectivity index (χ0) is 30.9. The van der Waals surface area contributed by atoms with Crippen molar-refractivity contribution in [2.24, 2.45) is 5.16 Å². The second-order valence-corrected chi connectivity index (χ2v) is 12.3. The Morgan fingerprint density at radius 1 is 1.05 bits per heavy atom. The molecule has 17 heteroatoms. The van der Waals surface area contributed by atoms with Gasteiger partial charge in [-0.15, -0.1) is 0 Å². The Balaban J connectivity index is 2.12. The lowest BCUT2D eigenvalue weighted by Crippen LogP contribution is -2.37. The minimum atomic E-state index is -5.31. The molecule has 0 atom stereocenters. The van der Waals surface area contributed by atoms with Crippen molar-refractivity contribution in [1.82, 2.24) is 4.90 Å². The number of esters is 1. The van der Waals surface area contributed by atoms with E-state index in [2.05, 4.69) is 9.68 Å². The summed E-state index contributed by atoms with van der Waals surface area (Å²) in [6.07, 6.45) is 9.38. The first kappa shape index (κ1) is 33.8. The van der Waals surface area contributed by atoms with Crippen LogP contribution >= 0.6 is 27.2 Å². The number of likely N-dealkylation sites (tertiary alicyclic amines) is 1. The van der Waals surface area contributed by atoms with Crippen molar-refractivity contribution in [2.45, 2.75) is 51.9 Å². The summed E-state index contributed by atoms with van der Waals surface area (Å²) in [5.41, 5.74) is 0.213. The lowest BCUT2D eigenvalue weighted by Gasteiger charge is -2.26. The number of cyclic esters (lactones) is 1. The second kappa shape index (κ2) is 15.2. The summed E-state index contributed by atoms with van der Waals surface area (Å²) < 4.78 is 38.0. The molecule has 0 aromatic heterocycles. The van der Waals surface area contributed by atoms with Gasteiger partial charge in [-0.05, 0) is 57.1 Å². The fraction of sp³-hybridized carbons (Fsp3) is 0.480. The number of rotatable bonds is 7. The average Bonchev–Trinajstić information content (AvgIpc) is 2.89. The van der Waals surface area contributed by atoms with Crippen LogP contribution in [0.1, 0.15) is 61.4 Å². The van der Waals surface area contributed by atoms with Gasteiger partial charge in [-0.3, -0.25) is 24.4 Å². The first-order chi connectivity index (χ1) is 19.7. The number of phosphoric acid groups is 2. The highest BCUT2D eigenvalue weighted by molar-refractivity contribution is 7.47. The number of halogens is 1. The molecule has 4 N–H and O–H groups in total. The molecule has 0 aliphatic carbocycles. The Hall–Kier alpha value is -2.70. The molecule has 2 aliphatic rings. The summed E-state index contributed by atoms with van der Waals surface area (Å²) in [6.45, 7) is 2.58. The number of carbonyl (C=O) groups is 2. The summed E-state index contributed by atoms with van der Waals surface area (Å²) >= 11 is 6.47. The van der Waals surface area contributed by atoms with E-state index in [0.29, 0.717) is 38.4 Å². The molecule has 1 fully saturated rings. The molecule has 3 rings (SSSR count). The zero-order valence-electron chi connectivity index (χ0n) is 22.8. The summed E-state index contributed by atoms with van der Waals surface area (Å²) in [7, 11) is -10.5. The van der Waals surface area contributed by atoms with Crippen molar-refractivity contribution in [3.63, 3.8) is 0 Å². The molecule has 1 saturated heterocycles. The molecule has 1 amide bonds. The highest BCUT2D eigenvalue weighted by Crippen LogP contribution is 2.49. The summed E-state index contributed by atoms with van der Waals surface area (Å²) in [4.78, 5) is 70.6. The lowest BCUT2D eigenvalue weighted by atomic mass is 9.98. The Bertz CT molecular complexity index is 1350. The quantitative estimate of drug-likeness (QED) is 0.143. The van der Waals surface area contributed by atoms with Gasteiger partial charge in [0, 0.05) is 25.6 Å². The van der Waals surface area contributed by atoms with E-state index in [1.54, 1.807) is 17.1 Å². The molecule has 42 heavy (non-hydrogen) atoms. The number of phosphoric ester groups is 2. The number of benzene rings is 1. The average molecular weight is 651 g/mol. The molecule has 2 heterocycles. The Kier molecular flexibility index (Phi) is 12.2. The van der Waals surface area contributed by atoms with Crippen molar-refractivity contribution in [1.29, 1.82) is 0 Å². The van der Waals surface area contributed by atoms with Gasteiger partial charge in [-0.2, -0.15) is 0 Å². The number of nitrogens with zero attached hydrogens (tertiary/aromatic N) is 2. The van der Waals surface area contributed by atoms with E-state index >= 15 is 0 Å². The van der Waals surface area contributed by atoms with Gasteiger partial charge < -0.3 is 23.5 Å². The number of fused-ring (bicyclic) bond motifs is 1. The molecule has 0 unspecified atom stereocenters. The third-order valence-corrected chi connectivity index (χ3v) is 7.45. The number of piperidine rings is 1. The fourth-order valence-electron chi connectivity index (χ4n) is 4.34. The molecular formula is C25H33ClN2O12P2.